The summed E-state index contributed by atoms with van der Waals surface area (Å²) in [5.41, 5.74) is 1.80. The van der Waals surface area contributed by atoms with E-state index in [0.717, 1.165) is 16.9 Å². The van der Waals surface area contributed by atoms with Crippen LogP contribution in [0, 0.1) is 0 Å². The summed E-state index contributed by atoms with van der Waals surface area (Å²) in [7, 11) is 1.60. The Morgan fingerprint density at radius 1 is 1.17 bits per heavy atom. The van der Waals surface area contributed by atoms with Crippen LogP contribution in [-0.2, 0) is 17.8 Å². The average Bonchev–Trinajstić information content (AvgIpc) is 2.54. The number of thiocarbonyl (C=S) groups is 1. The molecule has 2 N–H and O–H groups in total. The Kier molecular flexibility index (Phi) is 6.38. The SMILES string of the molecule is COc1ccc(CC(=O)NC(=S)NCc2ccccc2Cl)cc1. The van der Waals surface area contributed by atoms with Crippen molar-refractivity contribution in [2.45, 2.75) is 13.0 Å². The number of carbonyl (C=O) groups excluding carboxylic acids is 1. The number of amides is 1. The largest absolute Gasteiger partial charge is 0.497 e. The van der Waals surface area contributed by atoms with Crippen LogP contribution in [0.3, 0.4) is 0 Å². The first kappa shape index (κ1) is 17.2. The van der Waals surface area contributed by atoms with Crippen molar-refractivity contribution < 1.29 is 9.53 Å². The molecule has 0 fully saturated rings. The van der Waals surface area contributed by atoms with Gasteiger partial charge in [0.2, 0.25) is 5.91 Å². The highest BCUT2D eigenvalue weighted by Gasteiger charge is 2.07. The number of nitrogens with one attached hydrogen (secondary N) is 2. The first-order valence-corrected chi connectivity index (χ1v) is 7.81. The second-order valence-electron chi connectivity index (χ2n) is 4.85. The molecule has 2 aromatic carbocycles. The number of hydrogen-bond acceptors (Lipinski definition) is 3. The average molecular weight is 349 g/mol. The smallest absolute Gasteiger partial charge is 0.230 e. The van der Waals surface area contributed by atoms with Crippen LogP contribution >= 0.6 is 23.8 Å². The number of carbonyl (C=O) groups is 1. The molecule has 0 bridgehead atoms. The molecule has 4 nitrogen and oxygen atoms in total. The zero-order valence-corrected chi connectivity index (χ0v) is 14.2. The summed E-state index contributed by atoms with van der Waals surface area (Å²) in [4.78, 5) is 12.0. The summed E-state index contributed by atoms with van der Waals surface area (Å²) in [6, 6.07) is 14.8. The molecule has 2 rings (SSSR count). The highest BCUT2D eigenvalue weighted by atomic mass is 35.5. The lowest BCUT2D eigenvalue weighted by Crippen LogP contribution is -2.39. The van der Waals surface area contributed by atoms with E-state index in [9.17, 15) is 4.79 Å². The molecule has 1 amide bonds. The van der Waals surface area contributed by atoms with Crippen LogP contribution in [-0.4, -0.2) is 18.1 Å². The lowest BCUT2D eigenvalue weighted by molar-refractivity contribution is -0.119. The molecule has 6 heteroatoms. The van der Waals surface area contributed by atoms with E-state index >= 15 is 0 Å². The van der Waals surface area contributed by atoms with Gasteiger partial charge >= 0.3 is 0 Å². The first-order valence-electron chi connectivity index (χ1n) is 7.02. The third-order valence-electron chi connectivity index (χ3n) is 3.17. The van der Waals surface area contributed by atoms with E-state index in [4.69, 9.17) is 28.6 Å². The quantitative estimate of drug-likeness (QED) is 0.815. The fourth-order valence-corrected chi connectivity index (χ4v) is 2.35. The van der Waals surface area contributed by atoms with Crippen LogP contribution in [0.15, 0.2) is 48.5 Å². The zero-order chi connectivity index (χ0) is 16.7. The summed E-state index contributed by atoms with van der Waals surface area (Å²) in [6.45, 7) is 0.460. The summed E-state index contributed by atoms with van der Waals surface area (Å²) in [6.07, 6.45) is 0.248. The molecule has 0 spiro atoms. The minimum atomic E-state index is -0.174. The van der Waals surface area contributed by atoms with Gasteiger partial charge in [-0.15, -0.1) is 0 Å². The Morgan fingerprint density at radius 2 is 1.87 bits per heavy atom. The van der Waals surface area contributed by atoms with Crippen LogP contribution in [0.5, 0.6) is 5.75 Å². The number of ether oxygens (including phenoxy) is 1. The minimum Gasteiger partial charge on any atom is -0.497 e. The van der Waals surface area contributed by atoms with Gasteiger partial charge in [-0.3, -0.25) is 4.79 Å². The number of hydrogen-bond donors (Lipinski definition) is 2. The van der Waals surface area contributed by atoms with Gasteiger partial charge in [0.05, 0.1) is 13.5 Å². The molecule has 0 heterocycles. The van der Waals surface area contributed by atoms with Crippen molar-refractivity contribution in [1.29, 1.82) is 0 Å². The number of rotatable bonds is 5. The maximum absolute atomic E-state index is 12.0. The molecule has 2 aromatic rings. The van der Waals surface area contributed by atoms with Crippen LogP contribution in [0.2, 0.25) is 5.02 Å². The third-order valence-corrected chi connectivity index (χ3v) is 3.79. The van der Waals surface area contributed by atoms with Gasteiger partial charge in [-0.2, -0.15) is 0 Å². The van der Waals surface area contributed by atoms with Gasteiger partial charge in [0.1, 0.15) is 5.75 Å². The molecular weight excluding hydrogens is 332 g/mol. The molecule has 23 heavy (non-hydrogen) atoms. The van der Waals surface area contributed by atoms with Crippen LogP contribution in [0.25, 0.3) is 0 Å². The predicted octanol–water partition coefficient (Wildman–Crippen LogP) is 3.08. The standard InChI is InChI=1S/C17H17ClN2O2S/c1-22-14-8-6-12(7-9-14)10-16(21)20-17(23)19-11-13-4-2-3-5-15(13)18/h2-9H,10-11H2,1H3,(H2,19,20,21,23). The molecular formula is C17H17ClN2O2S. The summed E-state index contributed by atoms with van der Waals surface area (Å²) < 4.78 is 5.08. The van der Waals surface area contributed by atoms with E-state index in [2.05, 4.69) is 10.6 Å². The topological polar surface area (TPSA) is 50.4 Å². The van der Waals surface area contributed by atoms with Crippen molar-refractivity contribution in [1.82, 2.24) is 10.6 Å². The van der Waals surface area contributed by atoms with E-state index in [1.807, 2.05) is 48.5 Å². The van der Waals surface area contributed by atoms with E-state index in [-0.39, 0.29) is 17.4 Å². The van der Waals surface area contributed by atoms with Gasteiger partial charge in [-0.1, -0.05) is 41.9 Å². The fourth-order valence-electron chi connectivity index (χ4n) is 1.96. The molecule has 0 radical (unpaired) electrons. The van der Waals surface area contributed by atoms with E-state index < -0.39 is 0 Å². The Balaban J connectivity index is 1.80. The molecule has 0 aromatic heterocycles. The predicted molar refractivity (Wildman–Crippen MR) is 95.7 cm³/mol. The number of benzene rings is 2. The maximum Gasteiger partial charge on any atom is 0.230 e. The van der Waals surface area contributed by atoms with Gasteiger partial charge in [0.25, 0.3) is 0 Å². The molecule has 0 unspecified atom stereocenters. The monoisotopic (exact) mass is 348 g/mol. The van der Waals surface area contributed by atoms with Crippen molar-refractivity contribution in [3.8, 4) is 5.75 Å². The van der Waals surface area contributed by atoms with Gasteiger partial charge in [0.15, 0.2) is 5.11 Å². The van der Waals surface area contributed by atoms with Gasteiger partial charge in [0, 0.05) is 11.6 Å². The maximum atomic E-state index is 12.0. The van der Waals surface area contributed by atoms with Crippen LogP contribution < -0.4 is 15.4 Å². The van der Waals surface area contributed by atoms with Crippen LogP contribution in [0.4, 0.5) is 0 Å². The lowest BCUT2D eigenvalue weighted by atomic mass is 10.1. The lowest BCUT2D eigenvalue weighted by Gasteiger charge is -2.10. The second-order valence-corrected chi connectivity index (χ2v) is 5.66. The van der Waals surface area contributed by atoms with Crippen LogP contribution in [0.1, 0.15) is 11.1 Å². The Labute approximate surface area is 145 Å². The molecule has 120 valence electrons. The summed E-state index contributed by atoms with van der Waals surface area (Å²) >= 11 is 11.2. The molecule has 0 saturated heterocycles. The normalized spacial score (nSPS) is 10.0. The summed E-state index contributed by atoms with van der Waals surface area (Å²) in [5, 5.41) is 6.56. The molecule has 0 aliphatic heterocycles. The minimum absolute atomic E-state index is 0.174. The van der Waals surface area contributed by atoms with Gasteiger partial charge in [-0.05, 0) is 41.5 Å². The van der Waals surface area contributed by atoms with Crippen molar-refractivity contribution in [2.75, 3.05) is 7.11 Å². The van der Waals surface area contributed by atoms with Crippen molar-refractivity contribution in [2.24, 2.45) is 0 Å². The number of halogens is 1. The van der Waals surface area contributed by atoms with Gasteiger partial charge < -0.3 is 15.4 Å². The molecule has 0 saturated carbocycles. The molecule has 0 atom stereocenters. The Morgan fingerprint density at radius 3 is 2.52 bits per heavy atom. The Bertz CT molecular complexity index is 689. The van der Waals surface area contributed by atoms with Crippen molar-refractivity contribution in [3.05, 3.63) is 64.7 Å². The van der Waals surface area contributed by atoms with Crippen molar-refractivity contribution in [3.63, 3.8) is 0 Å². The highest BCUT2D eigenvalue weighted by Crippen LogP contribution is 2.14. The highest BCUT2D eigenvalue weighted by molar-refractivity contribution is 7.80. The third kappa shape index (κ3) is 5.54. The van der Waals surface area contributed by atoms with E-state index in [1.165, 1.54) is 0 Å². The Hall–Kier alpha value is -2.11. The second kappa shape index (κ2) is 8.50. The molecule has 0 aliphatic carbocycles. The van der Waals surface area contributed by atoms with Crippen molar-refractivity contribution >= 4 is 34.8 Å². The van der Waals surface area contributed by atoms with Gasteiger partial charge in [-0.25, -0.2) is 0 Å². The first-order chi connectivity index (χ1) is 11.1. The van der Waals surface area contributed by atoms with E-state index in [1.54, 1.807) is 7.11 Å². The van der Waals surface area contributed by atoms with E-state index in [0.29, 0.717) is 11.6 Å². The molecule has 0 aliphatic rings. The summed E-state index contributed by atoms with van der Waals surface area (Å²) in [5.74, 6) is 0.581. The zero-order valence-electron chi connectivity index (χ0n) is 12.6. The number of methoxy groups -OCH3 is 1. The fraction of sp³-hybridized carbons (Fsp3) is 0.176.